The SMILES string of the molecule is Cc1ccc(Cn2c(=O)oc(=O)c3ccccc32)cc1. The Morgan fingerprint density at radius 2 is 1.70 bits per heavy atom. The minimum absolute atomic E-state index is 0.378. The first-order valence-corrected chi connectivity index (χ1v) is 6.33. The van der Waals surface area contributed by atoms with Crippen LogP contribution < -0.4 is 11.4 Å². The molecule has 4 nitrogen and oxygen atoms in total. The van der Waals surface area contributed by atoms with Crippen molar-refractivity contribution in [3.8, 4) is 0 Å². The van der Waals surface area contributed by atoms with Gasteiger partial charge >= 0.3 is 11.4 Å². The number of hydrogen-bond acceptors (Lipinski definition) is 3. The monoisotopic (exact) mass is 267 g/mol. The first-order valence-electron chi connectivity index (χ1n) is 6.33. The number of nitrogens with zero attached hydrogens (tertiary/aromatic N) is 1. The number of aromatic nitrogens is 1. The van der Waals surface area contributed by atoms with Crippen LogP contribution in [0.25, 0.3) is 10.9 Å². The lowest BCUT2D eigenvalue weighted by molar-refractivity contribution is 0.425. The van der Waals surface area contributed by atoms with Gasteiger partial charge in [0.05, 0.1) is 17.4 Å². The van der Waals surface area contributed by atoms with Gasteiger partial charge in [-0.05, 0) is 24.6 Å². The van der Waals surface area contributed by atoms with Crippen LogP contribution in [0.1, 0.15) is 11.1 Å². The smallest absolute Gasteiger partial charge is 0.372 e. The maximum Gasteiger partial charge on any atom is 0.422 e. The maximum atomic E-state index is 11.9. The highest BCUT2D eigenvalue weighted by molar-refractivity contribution is 5.77. The van der Waals surface area contributed by atoms with Crippen LogP contribution in [-0.2, 0) is 6.54 Å². The van der Waals surface area contributed by atoms with Crippen molar-refractivity contribution in [1.82, 2.24) is 4.57 Å². The molecule has 20 heavy (non-hydrogen) atoms. The summed E-state index contributed by atoms with van der Waals surface area (Å²) >= 11 is 0. The minimum Gasteiger partial charge on any atom is -0.372 e. The molecule has 0 aliphatic carbocycles. The second-order valence-corrected chi connectivity index (χ2v) is 4.74. The fourth-order valence-corrected chi connectivity index (χ4v) is 2.20. The topological polar surface area (TPSA) is 52.2 Å². The molecule has 0 atom stereocenters. The van der Waals surface area contributed by atoms with Gasteiger partial charge in [-0.2, -0.15) is 0 Å². The minimum atomic E-state index is -0.630. The Kier molecular flexibility index (Phi) is 2.99. The van der Waals surface area contributed by atoms with E-state index in [4.69, 9.17) is 4.42 Å². The molecule has 0 aliphatic heterocycles. The van der Waals surface area contributed by atoms with Gasteiger partial charge in [0.25, 0.3) is 0 Å². The van der Waals surface area contributed by atoms with Crippen LogP contribution in [0.2, 0.25) is 0 Å². The summed E-state index contributed by atoms with van der Waals surface area (Å²) in [4.78, 5) is 23.6. The number of benzene rings is 2. The van der Waals surface area contributed by atoms with Gasteiger partial charge in [-0.25, -0.2) is 9.59 Å². The van der Waals surface area contributed by atoms with Gasteiger partial charge in [0.2, 0.25) is 0 Å². The fourth-order valence-electron chi connectivity index (χ4n) is 2.20. The van der Waals surface area contributed by atoms with Crippen molar-refractivity contribution in [3.05, 3.63) is 80.6 Å². The molecule has 0 amide bonds. The third-order valence-electron chi connectivity index (χ3n) is 3.28. The van der Waals surface area contributed by atoms with E-state index in [9.17, 15) is 9.59 Å². The molecule has 4 heteroatoms. The highest BCUT2D eigenvalue weighted by Gasteiger charge is 2.08. The van der Waals surface area contributed by atoms with E-state index in [1.54, 1.807) is 24.3 Å². The Morgan fingerprint density at radius 1 is 1.00 bits per heavy atom. The number of rotatable bonds is 2. The van der Waals surface area contributed by atoms with Crippen LogP contribution in [0.3, 0.4) is 0 Å². The predicted octanol–water partition coefficient (Wildman–Crippen LogP) is 2.31. The van der Waals surface area contributed by atoms with Crippen molar-refractivity contribution in [3.63, 3.8) is 0 Å². The second-order valence-electron chi connectivity index (χ2n) is 4.74. The zero-order valence-corrected chi connectivity index (χ0v) is 11.0. The molecule has 0 N–H and O–H groups in total. The highest BCUT2D eigenvalue weighted by atomic mass is 16.4. The first-order chi connectivity index (χ1) is 9.65. The fraction of sp³-hybridized carbons (Fsp3) is 0.125. The van der Waals surface area contributed by atoms with Crippen molar-refractivity contribution < 1.29 is 4.42 Å². The Hall–Kier alpha value is -2.62. The zero-order valence-electron chi connectivity index (χ0n) is 11.0. The van der Waals surface area contributed by atoms with Crippen molar-refractivity contribution in [1.29, 1.82) is 0 Å². The molecule has 0 aliphatic rings. The average Bonchev–Trinajstić information content (AvgIpc) is 2.45. The summed E-state index contributed by atoms with van der Waals surface area (Å²) in [7, 11) is 0. The summed E-state index contributed by atoms with van der Waals surface area (Å²) in [5, 5.41) is 0.416. The summed E-state index contributed by atoms with van der Waals surface area (Å²) in [6, 6.07) is 14.9. The maximum absolute atomic E-state index is 11.9. The number of para-hydroxylation sites is 1. The lowest BCUT2D eigenvalue weighted by Crippen LogP contribution is -2.25. The molecule has 0 radical (unpaired) electrons. The highest BCUT2D eigenvalue weighted by Crippen LogP contribution is 2.10. The molecule has 3 aromatic rings. The van der Waals surface area contributed by atoms with Crippen LogP contribution in [0.5, 0.6) is 0 Å². The summed E-state index contributed by atoms with van der Waals surface area (Å²) < 4.78 is 6.24. The predicted molar refractivity (Wildman–Crippen MR) is 77.0 cm³/mol. The van der Waals surface area contributed by atoms with E-state index in [-0.39, 0.29) is 0 Å². The van der Waals surface area contributed by atoms with Gasteiger partial charge < -0.3 is 4.42 Å². The average molecular weight is 267 g/mol. The van der Waals surface area contributed by atoms with Crippen molar-refractivity contribution in [2.24, 2.45) is 0 Å². The van der Waals surface area contributed by atoms with E-state index >= 15 is 0 Å². The normalized spacial score (nSPS) is 10.8. The van der Waals surface area contributed by atoms with Crippen molar-refractivity contribution >= 4 is 10.9 Å². The van der Waals surface area contributed by atoms with Crippen LogP contribution in [0.4, 0.5) is 0 Å². The molecule has 3 rings (SSSR count). The largest absolute Gasteiger partial charge is 0.422 e. The lowest BCUT2D eigenvalue weighted by atomic mass is 10.1. The lowest BCUT2D eigenvalue weighted by Gasteiger charge is -2.08. The Balaban J connectivity index is 2.18. The van der Waals surface area contributed by atoms with Gasteiger partial charge in [0.15, 0.2) is 0 Å². The van der Waals surface area contributed by atoms with Gasteiger partial charge in [-0.1, -0.05) is 42.0 Å². The number of fused-ring (bicyclic) bond motifs is 1. The van der Waals surface area contributed by atoms with Crippen molar-refractivity contribution in [2.75, 3.05) is 0 Å². The molecule has 1 heterocycles. The summed E-state index contributed by atoms with van der Waals surface area (Å²) in [6.07, 6.45) is 0. The van der Waals surface area contributed by atoms with E-state index in [1.807, 2.05) is 31.2 Å². The Labute approximate surface area is 114 Å². The molecule has 2 aromatic carbocycles. The quantitative estimate of drug-likeness (QED) is 0.716. The van der Waals surface area contributed by atoms with Crippen molar-refractivity contribution in [2.45, 2.75) is 13.5 Å². The molecular weight excluding hydrogens is 254 g/mol. The number of aryl methyl sites for hydroxylation is 1. The van der Waals surface area contributed by atoms with Gasteiger partial charge in [0, 0.05) is 0 Å². The molecule has 1 aromatic heterocycles. The Morgan fingerprint density at radius 3 is 2.45 bits per heavy atom. The first kappa shape index (κ1) is 12.4. The molecule has 0 unspecified atom stereocenters. The van der Waals surface area contributed by atoms with E-state index in [2.05, 4.69) is 0 Å². The van der Waals surface area contributed by atoms with E-state index in [0.717, 1.165) is 11.1 Å². The molecule has 100 valence electrons. The molecule has 0 saturated heterocycles. The summed E-state index contributed by atoms with van der Waals surface area (Å²) in [6.45, 7) is 2.39. The standard InChI is InChI=1S/C16H13NO3/c1-11-6-8-12(9-7-11)10-17-14-5-3-2-4-13(14)15(18)20-16(17)19/h2-9H,10H2,1H3. The van der Waals surface area contributed by atoms with Crippen LogP contribution in [0, 0.1) is 6.92 Å². The van der Waals surface area contributed by atoms with E-state index < -0.39 is 11.4 Å². The molecule has 0 saturated carbocycles. The van der Waals surface area contributed by atoms with Gasteiger partial charge in [0.1, 0.15) is 0 Å². The van der Waals surface area contributed by atoms with Crippen LogP contribution >= 0.6 is 0 Å². The molecule has 0 fully saturated rings. The van der Waals surface area contributed by atoms with E-state index in [1.165, 1.54) is 4.57 Å². The molecule has 0 bridgehead atoms. The number of hydrogen-bond donors (Lipinski definition) is 0. The third-order valence-corrected chi connectivity index (χ3v) is 3.28. The zero-order chi connectivity index (χ0) is 14.1. The molecule has 0 spiro atoms. The Bertz CT molecular complexity index is 873. The van der Waals surface area contributed by atoms with Gasteiger partial charge in [-0.3, -0.25) is 4.57 Å². The summed E-state index contributed by atoms with van der Waals surface area (Å²) in [5.41, 5.74) is 2.14. The second kappa shape index (κ2) is 4.81. The summed E-state index contributed by atoms with van der Waals surface area (Å²) in [5.74, 6) is -0.630. The van der Waals surface area contributed by atoms with Crippen LogP contribution in [-0.4, -0.2) is 4.57 Å². The molecular formula is C16H13NO3. The van der Waals surface area contributed by atoms with Crippen LogP contribution in [0.15, 0.2) is 62.5 Å². The van der Waals surface area contributed by atoms with E-state index in [0.29, 0.717) is 17.4 Å². The van der Waals surface area contributed by atoms with Gasteiger partial charge in [-0.15, -0.1) is 0 Å². The third kappa shape index (κ3) is 2.16.